The fraction of sp³-hybridized carbons (Fsp3) is 0.381. The number of rotatable bonds is 10. The molecule has 29 heavy (non-hydrogen) atoms. The molecular weight excluding hydrogens is 392 g/mol. The largest absolute Gasteiger partial charge is 0.497 e. The molecule has 0 saturated heterocycles. The standard InChI is InChI=1S/C21H26N2O5S/c1-14(21(26)22-11-10-16-6-8-17(27-3)9-7-16)28-20(25)13-18(23-15(2)24)19-5-4-12-29-19/h4-9,12,14,18H,10-11,13H2,1-3H3,(H,22,26)(H,23,24). The Kier molecular flexibility index (Phi) is 8.67. The van der Waals surface area contributed by atoms with Crippen molar-refractivity contribution in [3.63, 3.8) is 0 Å². The van der Waals surface area contributed by atoms with Gasteiger partial charge in [-0.25, -0.2) is 0 Å². The third kappa shape index (κ3) is 7.57. The Bertz CT molecular complexity index is 805. The van der Waals surface area contributed by atoms with Crippen LogP contribution in [0.2, 0.25) is 0 Å². The lowest BCUT2D eigenvalue weighted by Gasteiger charge is -2.18. The van der Waals surface area contributed by atoms with E-state index in [0.29, 0.717) is 13.0 Å². The van der Waals surface area contributed by atoms with Crippen LogP contribution in [0.4, 0.5) is 0 Å². The molecule has 0 radical (unpaired) electrons. The van der Waals surface area contributed by atoms with Crippen molar-refractivity contribution in [3.05, 3.63) is 52.2 Å². The number of hydrogen-bond donors (Lipinski definition) is 2. The first-order chi connectivity index (χ1) is 13.9. The van der Waals surface area contributed by atoms with Crippen molar-refractivity contribution >= 4 is 29.1 Å². The minimum absolute atomic E-state index is 0.0381. The van der Waals surface area contributed by atoms with E-state index >= 15 is 0 Å². The van der Waals surface area contributed by atoms with Gasteiger partial charge in [-0.2, -0.15) is 0 Å². The van der Waals surface area contributed by atoms with E-state index < -0.39 is 18.1 Å². The summed E-state index contributed by atoms with van der Waals surface area (Å²) in [6.45, 7) is 3.35. The van der Waals surface area contributed by atoms with Crippen molar-refractivity contribution in [1.29, 1.82) is 0 Å². The smallest absolute Gasteiger partial charge is 0.309 e. The van der Waals surface area contributed by atoms with Crippen LogP contribution in [-0.2, 0) is 25.5 Å². The quantitative estimate of drug-likeness (QED) is 0.579. The molecule has 2 unspecified atom stereocenters. The Labute approximate surface area is 174 Å². The van der Waals surface area contributed by atoms with Crippen molar-refractivity contribution in [2.45, 2.75) is 38.8 Å². The number of carbonyl (C=O) groups excluding carboxylic acids is 3. The summed E-state index contributed by atoms with van der Waals surface area (Å²) >= 11 is 1.44. The van der Waals surface area contributed by atoms with Gasteiger partial charge in [-0.15, -0.1) is 11.3 Å². The molecule has 0 aliphatic rings. The highest BCUT2D eigenvalue weighted by atomic mass is 32.1. The van der Waals surface area contributed by atoms with E-state index in [1.807, 2.05) is 41.8 Å². The number of carbonyl (C=O) groups is 3. The molecule has 1 aromatic carbocycles. The van der Waals surface area contributed by atoms with Crippen molar-refractivity contribution in [2.75, 3.05) is 13.7 Å². The summed E-state index contributed by atoms with van der Waals surface area (Å²) in [5.41, 5.74) is 1.06. The molecule has 0 spiro atoms. The van der Waals surface area contributed by atoms with E-state index in [4.69, 9.17) is 9.47 Å². The summed E-state index contributed by atoms with van der Waals surface area (Å²) in [6, 6.07) is 10.8. The summed E-state index contributed by atoms with van der Waals surface area (Å²) < 4.78 is 10.4. The maximum atomic E-state index is 12.2. The fourth-order valence-electron chi connectivity index (χ4n) is 2.69. The maximum absolute atomic E-state index is 12.2. The van der Waals surface area contributed by atoms with Crippen LogP contribution in [-0.4, -0.2) is 37.5 Å². The second-order valence-electron chi connectivity index (χ2n) is 6.49. The first kappa shape index (κ1) is 22.4. The van der Waals surface area contributed by atoms with Crippen LogP contribution < -0.4 is 15.4 Å². The van der Waals surface area contributed by atoms with Gasteiger partial charge in [0.25, 0.3) is 5.91 Å². The summed E-state index contributed by atoms with van der Waals surface area (Å²) in [5.74, 6) is -0.368. The summed E-state index contributed by atoms with van der Waals surface area (Å²) in [5, 5.41) is 7.37. The van der Waals surface area contributed by atoms with Crippen LogP contribution in [0.3, 0.4) is 0 Å². The highest BCUT2D eigenvalue weighted by molar-refractivity contribution is 7.10. The van der Waals surface area contributed by atoms with Crippen LogP contribution in [0.1, 0.15) is 36.8 Å². The van der Waals surface area contributed by atoms with Crippen molar-refractivity contribution in [3.8, 4) is 5.75 Å². The van der Waals surface area contributed by atoms with Crippen molar-refractivity contribution in [1.82, 2.24) is 10.6 Å². The van der Waals surface area contributed by atoms with E-state index in [1.54, 1.807) is 7.11 Å². The molecule has 0 fully saturated rings. The molecule has 0 saturated carbocycles. The van der Waals surface area contributed by atoms with Gasteiger partial charge in [-0.05, 0) is 42.5 Å². The molecular formula is C21H26N2O5S. The highest BCUT2D eigenvalue weighted by Gasteiger charge is 2.22. The lowest BCUT2D eigenvalue weighted by atomic mass is 10.1. The zero-order chi connectivity index (χ0) is 21.2. The van der Waals surface area contributed by atoms with E-state index in [1.165, 1.54) is 25.2 Å². The van der Waals surface area contributed by atoms with Crippen LogP contribution >= 0.6 is 11.3 Å². The SMILES string of the molecule is COc1ccc(CCNC(=O)C(C)OC(=O)CC(NC(C)=O)c2cccs2)cc1. The molecule has 1 heterocycles. The number of methoxy groups -OCH3 is 1. The minimum Gasteiger partial charge on any atom is -0.497 e. The first-order valence-corrected chi connectivity index (χ1v) is 10.2. The lowest BCUT2D eigenvalue weighted by Crippen LogP contribution is -2.37. The highest BCUT2D eigenvalue weighted by Crippen LogP contribution is 2.22. The Morgan fingerprint density at radius 3 is 2.45 bits per heavy atom. The zero-order valence-electron chi connectivity index (χ0n) is 16.8. The third-order valence-electron chi connectivity index (χ3n) is 4.18. The number of amides is 2. The number of benzene rings is 1. The number of nitrogens with one attached hydrogen (secondary N) is 2. The molecule has 1 aromatic heterocycles. The molecule has 7 nitrogen and oxygen atoms in total. The zero-order valence-corrected chi connectivity index (χ0v) is 17.6. The van der Waals surface area contributed by atoms with Crippen LogP contribution in [0.15, 0.2) is 41.8 Å². The molecule has 0 aliphatic carbocycles. The van der Waals surface area contributed by atoms with Gasteiger partial charge >= 0.3 is 5.97 Å². The Morgan fingerprint density at radius 2 is 1.86 bits per heavy atom. The molecule has 2 amide bonds. The molecule has 2 N–H and O–H groups in total. The van der Waals surface area contributed by atoms with Gasteiger partial charge in [-0.3, -0.25) is 14.4 Å². The van der Waals surface area contributed by atoms with E-state index in [2.05, 4.69) is 10.6 Å². The van der Waals surface area contributed by atoms with Gasteiger partial charge in [0, 0.05) is 18.3 Å². The van der Waals surface area contributed by atoms with Crippen molar-refractivity contribution in [2.24, 2.45) is 0 Å². The van der Waals surface area contributed by atoms with Gasteiger partial charge < -0.3 is 20.1 Å². The average molecular weight is 419 g/mol. The molecule has 156 valence electrons. The molecule has 2 aromatic rings. The molecule has 8 heteroatoms. The molecule has 0 bridgehead atoms. The Morgan fingerprint density at radius 1 is 1.14 bits per heavy atom. The number of thiophene rings is 1. The van der Waals surface area contributed by atoms with Gasteiger partial charge in [0.15, 0.2) is 6.10 Å². The summed E-state index contributed by atoms with van der Waals surface area (Å²) in [6.07, 6.45) is -0.303. The Balaban J connectivity index is 1.78. The number of esters is 1. The van der Waals surface area contributed by atoms with Crippen LogP contribution in [0.5, 0.6) is 5.75 Å². The molecule has 2 rings (SSSR count). The second-order valence-corrected chi connectivity index (χ2v) is 7.47. The van der Waals surface area contributed by atoms with Gasteiger partial charge in [0.1, 0.15) is 5.75 Å². The van der Waals surface area contributed by atoms with Crippen molar-refractivity contribution < 1.29 is 23.9 Å². The number of ether oxygens (including phenoxy) is 2. The van der Waals surface area contributed by atoms with Gasteiger partial charge in [-0.1, -0.05) is 18.2 Å². The molecule has 0 aliphatic heterocycles. The normalized spacial score (nSPS) is 12.5. The average Bonchev–Trinajstić information content (AvgIpc) is 3.22. The maximum Gasteiger partial charge on any atom is 0.309 e. The fourth-order valence-corrected chi connectivity index (χ4v) is 3.47. The summed E-state index contributed by atoms with van der Waals surface area (Å²) in [4.78, 5) is 36.7. The second kappa shape index (κ2) is 11.2. The summed E-state index contributed by atoms with van der Waals surface area (Å²) in [7, 11) is 1.61. The number of hydrogen-bond acceptors (Lipinski definition) is 6. The first-order valence-electron chi connectivity index (χ1n) is 9.29. The lowest BCUT2D eigenvalue weighted by molar-refractivity contribution is -0.155. The van der Waals surface area contributed by atoms with Gasteiger partial charge in [0.2, 0.25) is 5.91 Å². The topological polar surface area (TPSA) is 93.7 Å². The molecule has 2 atom stereocenters. The third-order valence-corrected chi connectivity index (χ3v) is 5.17. The predicted octanol–water partition coefficient (Wildman–Crippen LogP) is 2.61. The van der Waals surface area contributed by atoms with E-state index in [-0.39, 0.29) is 18.2 Å². The van der Waals surface area contributed by atoms with E-state index in [0.717, 1.165) is 16.2 Å². The Hall–Kier alpha value is -2.87. The van der Waals surface area contributed by atoms with Crippen LogP contribution in [0.25, 0.3) is 0 Å². The predicted molar refractivity (Wildman–Crippen MR) is 111 cm³/mol. The minimum atomic E-state index is -0.917. The van der Waals surface area contributed by atoms with E-state index in [9.17, 15) is 14.4 Å². The van der Waals surface area contributed by atoms with Gasteiger partial charge in [0.05, 0.1) is 19.6 Å². The van der Waals surface area contributed by atoms with Crippen LogP contribution in [0, 0.1) is 0 Å². The monoisotopic (exact) mass is 418 g/mol.